The van der Waals surface area contributed by atoms with E-state index in [1.165, 1.54) is 0 Å². The third-order valence-corrected chi connectivity index (χ3v) is 4.14. The zero-order valence-electron chi connectivity index (χ0n) is 11.1. The number of hydrogen-bond acceptors (Lipinski definition) is 4. The summed E-state index contributed by atoms with van der Waals surface area (Å²) in [6.45, 7) is 1.95. The molecule has 18 heavy (non-hydrogen) atoms. The summed E-state index contributed by atoms with van der Waals surface area (Å²) >= 11 is 0. The second kappa shape index (κ2) is 6.50. The van der Waals surface area contributed by atoms with Crippen molar-refractivity contribution in [3.63, 3.8) is 0 Å². The van der Waals surface area contributed by atoms with Gasteiger partial charge in [-0.05, 0) is 19.9 Å². The predicted octanol–water partition coefficient (Wildman–Crippen LogP) is -0.0157. The first-order valence-electron chi connectivity index (χ1n) is 6.94. The van der Waals surface area contributed by atoms with Crippen molar-refractivity contribution in [2.75, 3.05) is 33.4 Å². The molecule has 0 bridgehead atoms. The molecule has 0 aromatic heterocycles. The highest BCUT2D eigenvalue weighted by Crippen LogP contribution is 2.22. The predicted molar refractivity (Wildman–Crippen MR) is 68.2 cm³/mol. The maximum atomic E-state index is 12.6. The van der Waals surface area contributed by atoms with Crippen LogP contribution in [-0.2, 0) is 9.53 Å². The van der Waals surface area contributed by atoms with E-state index in [9.17, 15) is 9.90 Å². The molecule has 2 rings (SSSR count). The lowest BCUT2D eigenvalue weighted by Gasteiger charge is -2.32. The van der Waals surface area contributed by atoms with Gasteiger partial charge < -0.3 is 20.1 Å². The lowest BCUT2D eigenvalue weighted by atomic mass is 10.0. The summed E-state index contributed by atoms with van der Waals surface area (Å²) < 4.78 is 5.40. The molecule has 0 spiro atoms. The van der Waals surface area contributed by atoms with Crippen LogP contribution in [0.3, 0.4) is 0 Å². The summed E-state index contributed by atoms with van der Waals surface area (Å²) in [4.78, 5) is 14.5. The van der Waals surface area contributed by atoms with E-state index >= 15 is 0 Å². The molecule has 0 aromatic rings. The fraction of sp³-hybridized carbons (Fsp3) is 0.923. The van der Waals surface area contributed by atoms with Crippen molar-refractivity contribution in [3.05, 3.63) is 0 Å². The standard InChI is InChI=1S/C13H24N2O3/c1-14-12-9-18-8-11(12)13(17)15-6-4-2-3-5-10(15)7-16/h10-12,14,16H,2-9H2,1H3. The molecule has 5 nitrogen and oxygen atoms in total. The van der Waals surface area contributed by atoms with Gasteiger partial charge in [0, 0.05) is 12.6 Å². The highest BCUT2D eigenvalue weighted by atomic mass is 16.5. The molecule has 3 atom stereocenters. The Morgan fingerprint density at radius 1 is 1.39 bits per heavy atom. The molecule has 2 fully saturated rings. The highest BCUT2D eigenvalue weighted by Gasteiger charge is 2.37. The number of aliphatic hydroxyl groups excluding tert-OH is 1. The SMILES string of the molecule is CNC1COCC1C(=O)N1CCCCCC1CO. The number of likely N-dealkylation sites (N-methyl/N-ethyl adjacent to an activating group) is 1. The van der Waals surface area contributed by atoms with Gasteiger partial charge in [0.2, 0.25) is 5.91 Å². The van der Waals surface area contributed by atoms with Crippen molar-refractivity contribution < 1.29 is 14.6 Å². The van der Waals surface area contributed by atoms with Crippen molar-refractivity contribution in [3.8, 4) is 0 Å². The molecule has 104 valence electrons. The third kappa shape index (κ3) is 2.84. The van der Waals surface area contributed by atoms with Gasteiger partial charge in [0.1, 0.15) is 0 Å². The van der Waals surface area contributed by atoms with Gasteiger partial charge in [0.05, 0.1) is 31.8 Å². The van der Waals surface area contributed by atoms with Gasteiger partial charge in [0.15, 0.2) is 0 Å². The van der Waals surface area contributed by atoms with Crippen LogP contribution in [0, 0.1) is 5.92 Å². The first-order valence-corrected chi connectivity index (χ1v) is 6.94. The van der Waals surface area contributed by atoms with E-state index in [0.717, 1.165) is 32.2 Å². The molecule has 2 saturated heterocycles. The van der Waals surface area contributed by atoms with E-state index in [-0.39, 0.29) is 30.5 Å². The molecule has 0 aromatic carbocycles. The molecule has 3 unspecified atom stereocenters. The fourth-order valence-corrected chi connectivity index (χ4v) is 2.95. The van der Waals surface area contributed by atoms with Gasteiger partial charge in [-0.3, -0.25) is 4.79 Å². The van der Waals surface area contributed by atoms with Crippen LogP contribution in [0.15, 0.2) is 0 Å². The number of carbonyl (C=O) groups excluding carboxylic acids is 1. The molecule has 2 heterocycles. The fourth-order valence-electron chi connectivity index (χ4n) is 2.95. The Kier molecular flexibility index (Phi) is 4.97. The zero-order chi connectivity index (χ0) is 13.0. The molecular weight excluding hydrogens is 232 g/mol. The van der Waals surface area contributed by atoms with Crippen LogP contribution >= 0.6 is 0 Å². The molecule has 0 aliphatic carbocycles. The molecule has 5 heteroatoms. The Morgan fingerprint density at radius 3 is 2.94 bits per heavy atom. The number of amides is 1. The Bertz CT molecular complexity index is 285. The van der Waals surface area contributed by atoms with Crippen LogP contribution in [-0.4, -0.2) is 61.4 Å². The summed E-state index contributed by atoms with van der Waals surface area (Å²) in [6, 6.07) is 0.109. The minimum absolute atomic E-state index is 0.00175. The summed E-state index contributed by atoms with van der Waals surface area (Å²) in [5.74, 6) is 0.0509. The van der Waals surface area contributed by atoms with Gasteiger partial charge in [-0.15, -0.1) is 0 Å². The second-order valence-electron chi connectivity index (χ2n) is 5.26. The van der Waals surface area contributed by atoms with E-state index in [4.69, 9.17) is 4.74 Å². The van der Waals surface area contributed by atoms with E-state index in [2.05, 4.69) is 5.32 Å². The van der Waals surface area contributed by atoms with E-state index < -0.39 is 0 Å². The molecular formula is C13H24N2O3. The Labute approximate surface area is 108 Å². The quantitative estimate of drug-likeness (QED) is 0.745. The van der Waals surface area contributed by atoms with Crippen LogP contribution in [0.4, 0.5) is 0 Å². The summed E-state index contributed by atoms with van der Waals surface area (Å²) in [5.41, 5.74) is 0. The maximum Gasteiger partial charge on any atom is 0.230 e. The Hall–Kier alpha value is -0.650. The molecule has 2 aliphatic heterocycles. The first-order chi connectivity index (χ1) is 8.77. The van der Waals surface area contributed by atoms with Crippen LogP contribution in [0.5, 0.6) is 0 Å². The van der Waals surface area contributed by atoms with Gasteiger partial charge in [0.25, 0.3) is 0 Å². The van der Waals surface area contributed by atoms with Crippen molar-refractivity contribution >= 4 is 5.91 Å². The number of likely N-dealkylation sites (tertiary alicyclic amines) is 1. The molecule has 1 amide bonds. The largest absolute Gasteiger partial charge is 0.394 e. The topological polar surface area (TPSA) is 61.8 Å². The first kappa shape index (κ1) is 13.8. The number of ether oxygens (including phenoxy) is 1. The minimum atomic E-state index is -0.0952. The number of aliphatic hydroxyl groups is 1. The molecule has 2 N–H and O–H groups in total. The lowest BCUT2D eigenvalue weighted by Crippen LogP contribution is -2.49. The lowest BCUT2D eigenvalue weighted by molar-refractivity contribution is -0.139. The third-order valence-electron chi connectivity index (χ3n) is 4.14. The molecule has 0 radical (unpaired) electrons. The van der Waals surface area contributed by atoms with Crippen molar-refractivity contribution in [1.82, 2.24) is 10.2 Å². The number of nitrogens with zero attached hydrogens (tertiary/aromatic N) is 1. The monoisotopic (exact) mass is 256 g/mol. The second-order valence-corrected chi connectivity index (χ2v) is 5.26. The van der Waals surface area contributed by atoms with Crippen LogP contribution < -0.4 is 5.32 Å². The highest BCUT2D eigenvalue weighted by molar-refractivity contribution is 5.80. The van der Waals surface area contributed by atoms with Gasteiger partial charge in [-0.25, -0.2) is 0 Å². The number of carbonyl (C=O) groups is 1. The number of hydrogen-bond donors (Lipinski definition) is 2. The van der Waals surface area contributed by atoms with Crippen LogP contribution in [0.25, 0.3) is 0 Å². The number of rotatable bonds is 3. The average molecular weight is 256 g/mol. The zero-order valence-corrected chi connectivity index (χ0v) is 11.1. The minimum Gasteiger partial charge on any atom is -0.394 e. The van der Waals surface area contributed by atoms with E-state index in [1.54, 1.807) is 0 Å². The van der Waals surface area contributed by atoms with Crippen molar-refractivity contribution in [2.45, 2.75) is 37.8 Å². The maximum absolute atomic E-state index is 12.6. The van der Waals surface area contributed by atoms with Gasteiger partial charge in [-0.2, -0.15) is 0 Å². The normalized spacial score (nSPS) is 33.4. The van der Waals surface area contributed by atoms with Crippen molar-refractivity contribution in [1.29, 1.82) is 0 Å². The molecule has 0 saturated carbocycles. The summed E-state index contributed by atoms with van der Waals surface area (Å²) in [6.07, 6.45) is 4.21. The van der Waals surface area contributed by atoms with Gasteiger partial charge in [-0.1, -0.05) is 12.8 Å². The Balaban J connectivity index is 2.05. The van der Waals surface area contributed by atoms with E-state index in [1.807, 2.05) is 11.9 Å². The molecule has 2 aliphatic rings. The van der Waals surface area contributed by atoms with Crippen LogP contribution in [0.1, 0.15) is 25.7 Å². The number of nitrogens with one attached hydrogen (secondary N) is 1. The summed E-state index contributed by atoms with van der Waals surface area (Å²) in [7, 11) is 1.87. The van der Waals surface area contributed by atoms with Gasteiger partial charge >= 0.3 is 0 Å². The summed E-state index contributed by atoms with van der Waals surface area (Å²) in [5, 5.41) is 12.6. The smallest absolute Gasteiger partial charge is 0.230 e. The average Bonchev–Trinajstić information content (AvgIpc) is 2.74. The Morgan fingerprint density at radius 2 is 2.22 bits per heavy atom. The van der Waals surface area contributed by atoms with Crippen molar-refractivity contribution in [2.24, 2.45) is 5.92 Å². The van der Waals surface area contributed by atoms with E-state index in [0.29, 0.717) is 13.2 Å². The van der Waals surface area contributed by atoms with Crippen LogP contribution in [0.2, 0.25) is 0 Å².